The number of nitrogens with zero attached hydrogens (tertiary/aromatic N) is 2. The number of rotatable bonds is 3. The number of aliphatic carboxylic acids is 1. The molecule has 76 valence electrons. The van der Waals surface area contributed by atoms with Crippen LogP contribution >= 0.6 is 11.8 Å². The summed E-state index contributed by atoms with van der Waals surface area (Å²) >= 11 is 1.12. The highest BCUT2D eigenvalue weighted by Crippen LogP contribution is 2.16. The molecule has 2 aromatic rings. The lowest BCUT2D eigenvalue weighted by Gasteiger charge is -1.99. The van der Waals surface area contributed by atoms with E-state index < -0.39 is 5.97 Å². The first-order valence-corrected chi connectivity index (χ1v) is 5.30. The minimum atomic E-state index is -0.864. The molecule has 0 aliphatic heterocycles. The van der Waals surface area contributed by atoms with Gasteiger partial charge < -0.3 is 5.11 Å². The van der Waals surface area contributed by atoms with Crippen LogP contribution in [0.25, 0.3) is 10.9 Å². The predicted octanol–water partition coefficient (Wildman–Crippen LogP) is 1.81. The zero-order valence-electron chi connectivity index (χ0n) is 7.75. The molecule has 0 aliphatic rings. The molecule has 1 N–H and O–H groups in total. The van der Waals surface area contributed by atoms with Crippen LogP contribution in [0.15, 0.2) is 35.6 Å². The quantitative estimate of drug-likeness (QED) is 0.631. The normalized spacial score (nSPS) is 10.4. The number of hydrogen-bond donors (Lipinski definition) is 1. The van der Waals surface area contributed by atoms with Crippen LogP contribution in [-0.2, 0) is 4.79 Å². The van der Waals surface area contributed by atoms with Gasteiger partial charge in [0.05, 0.1) is 11.3 Å². The van der Waals surface area contributed by atoms with Gasteiger partial charge in [-0.2, -0.15) is 0 Å². The third kappa shape index (κ3) is 2.44. The third-order valence-corrected chi connectivity index (χ3v) is 2.64. The zero-order valence-corrected chi connectivity index (χ0v) is 8.57. The second-order valence-corrected chi connectivity index (χ2v) is 3.84. The van der Waals surface area contributed by atoms with E-state index in [1.165, 1.54) is 0 Å². The predicted molar refractivity (Wildman–Crippen MR) is 57.9 cm³/mol. The highest BCUT2D eigenvalue weighted by molar-refractivity contribution is 7.99. The van der Waals surface area contributed by atoms with Gasteiger partial charge in [-0.05, 0) is 6.07 Å². The third-order valence-electron chi connectivity index (χ3n) is 1.79. The van der Waals surface area contributed by atoms with E-state index in [1.807, 2.05) is 24.3 Å². The second kappa shape index (κ2) is 4.27. The van der Waals surface area contributed by atoms with Gasteiger partial charge in [0.25, 0.3) is 0 Å². The number of fused-ring (bicyclic) bond motifs is 1. The Hall–Kier alpha value is -1.62. The Bertz CT molecular complexity index is 502. The van der Waals surface area contributed by atoms with E-state index in [-0.39, 0.29) is 5.75 Å². The number of hydrogen-bond acceptors (Lipinski definition) is 4. The van der Waals surface area contributed by atoms with Crippen molar-refractivity contribution in [3.63, 3.8) is 0 Å². The van der Waals surface area contributed by atoms with Crippen molar-refractivity contribution in [2.75, 3.05) is 5.75 Å². The first-order chi connectivity index (χ1) is 7.25. The molecule has 0 fully saturated rings. The summed E-state index contributed by atoms with van der Waals surface area (Å²) in [6.07, 6.45) is 1.70. The smallest absolute Gasteiger partial charge is 0.313 e. The Labute approximate surface area is 90.4 Å². The molecular formula is C10H8N2O2S. The number of carboxylic acid groups (broad SMARTS) is 1. The van der Waals surface area contributed by atoms with Crippen LogP contribution in [0.5, 0.6) is 0 Å². The van der Waals surface area contributed by atoms with E-state index in [1.54, 1.807) is 6.20 Å². The molecular weight excluding hydrogens is 212 g/mol. The van der Waals surface area contributed by atoms with E-state index in [9.17, 15) is 4.79 Å². The minimum Gasteiger partial charge on any atom is -0.481 e. The summed E-state index contributed by atoms with van der Waals surface area (Å²) < 4.78 is 0. The Kier molecular flexibility index (Phi) is 2.82. The maximum absolute atomic E-state index is 10.4. The Morgan fingerprint density at radius 1 is 1.40 bits per heavy atom. The van der Waals surface area contributed by atoms with Crippen molar-refractivity contribution in [2.45, 2.75) is 5.16 Å². The Morgan fingerprint density at radius 3 is 3.00 bits per heavy atom. The molecule has 0 unspecified atom stereocenters. The van der Waals surface area contributed by atoms with Gasteiger partial charge in [0.1, 0.15) is 0 Å². The largest absolute Gasteiger partial charge is 0.481 e. The SMILES string of the molecule is O=C(O)CSc1ncc2ccccc2n1. The number of para-hydroxylation sites is 1. The molecule has 1 aromatic heterocycles. The lowest BCUT2D eigenvalue weighted by Crippen LogP contribution is -1.99. The van der Waals surface area contributed by atoms with Crippen molar-refractivity contribution in [2.24, 2.45) is 0 Å². The molecule has 0 spiro atoms. The first-order valence-electron chi connectivity index (χ1n) is 4.32. The summed E-state index contributed by atoms with van der Waals surface area (Å²) in [6.45, 7) is 0. The summed E-state index contributed by atoms with van der Waals surface area (Å²) in [5.74, 6) is -0.880. The maximum atomic E-state index is 10.4. The molecule has 0 bridgehead atoms. The van der Waals surface area contributed by atoms with Crippen LogP contribution in [0.4, 0.5) is 0 Å². The van der Waals surface area contributed by atoms with Gasteiger partial charge in [-0.25, -0.2) is 9.97 Å². The van der Waals surface area contributed by atoms with Crippen LogP contribution in [-0.4, -0.2) is 26.8 Å². The van der Waals surface area contributed by atoms with Gasteiger partial charge in [-0.15, -0.1) is 0 Å². The molecule has 0 saturated heterocycles. The van der Waals surface area contributed by atoms with E-state index >= 15 is 0 Å². The fraction of sp³-hybridized carbons (Fsp3) is 0.100. The van der Waals surface area contributed by atoms with Gasteiger partial charge in [-0.1, -0.05) is 30.0 Å². The van der Waals surface area contributed by atoms with Gasteiger partial charge in [-0.3, -0.25) is 4.79 Å². The Balaban J connectivity index is 2.26. The molecule has 1 heterocycles. The Morgan fingerprint density at radius 2 is 2.20 bits per heavy atom. The average molecular weight is 220 g/mol. The van der Waals surface area contributed by atoms with Crippen LogP contribution in [0, 0.1) is 0 Å². The molecule has 4 nitrogen and oxygen atoms in total. The summed E-state index contributed by atoms with van der Waals surface area (Å²) in [6, 6.07) is 7.60. The number of benzene rings is 1. The fourth-order valence-electron chi connectivity index (χ4n) is 1.15. The van der Waals surface area contributed by atoms with E-state index in [4.69, 9.17) is 5.11 Å². The highest BCUT2D eigenvalue weighted by Gasteiger charge is 2.03. The molecule has 15 heavy (non-hydrogen) atoms. The lowest BCUT2D eigenvalue weighted by molar-refractivity contribution is -0.133. The van der Waals surface area contributed by atoms with Gasteiger partial charge in [0, 0.05) is 11.6 Å². The maximum Gasteiger partial charge on any atom is 0.313 e. The number of aromatic nitrogens is 2. The summed E-state index contributed by atoms with van der Waals surface area (Å²) in [5.41, 5.74) is 0.834. The highest BCUT2D eigenvalue weighted by atomic mass is 32.2. The fourth-order valence-corrected chi connectivity index (χ4v) is 1.69. The van der Waals surface area contributed by atoms with Crippen LogP contribution < -0.4 is 0 Å². The zero-order chi connectivity index (χ0) is 10.7. The number of carboxylic acids is 1. The lowest BCUT2D eigenvalue weighted by atomic mass is 10.2. The van der Waals surface area contributed by atoms with Gasteiger partial charge in [0.2, 0.25) is 0 Å². The average Bonchev–Trinajstić information content (AvgIpc) is 2.26. The first kappa shape index (κ1) is 9.92. The molecule has 5 heteroatoms. The van der Waals surface area contributed by atoms with Crippen molar-refractivity contribution in [3.05, 3.63) is 30.5 Å². The number of carbonyl (C=O) groups is 1. The molecule has 2 rings (SSSR count). The monoisotopic (exact) mass is 220 g/mol. The summed E-state index contributed by atoms with van der Waals surface area (Å²) in [5, 5.41) is 9.96. The van der Waals surface area contributed by atoms with Crippen molar-refractivity contribution >= 4 is 28.6 Å². The summed E-state index contributed by atoms with van der Waals surface area (Å²) in [4.78, 5) is 18.7. The van der Waals surface area contributed by atoms with Crippen LogP contribution in [0.2, 0.25) is 0 Å². The van der Waals surface area contributed by atoms with Crippen molar-refractivity contribution in [1.82, 2.24) is 9.97 Å². The molecule has 0 atom stereocenters. The molecule has 0 saturated carbocycles. The van der Waals surface area contributed by atoms with E-state index in [2.05, 4.69) is 9.97 Å². The molecule has 1 aromatic carbocycles. The van der Waals surface area contributed by atoms with E-state index in [0.29, 0.717) is 5.16 Å². The van der Waals surface area contributed by atoms with Crippen LogP contribution in [0.3, 0.4) is 0 Å². The van der Waals surface area contributed by atoms with Crippen molar-refractivity contribution < 1.29 is 9.90 Å². The topological polar surface area (TPSA) is 63.1 Å². The van der Waals surface area contributed by atoms with Gasteiger partial charge in [0.15, 0.2) is 5.16 Å². The summed E-state index contributed by atoms with van der Waals surface area (Å²) in [7, 11) is 0. The minimum absolute atomic E-state index is 0.0155. The van der Waals surface area contributed by atoms with Crippen molar-refractivity contribution in [3.8, 4) is 0 Å². The standard InChI is InChI=1S/C10H8N2O2S/c13-9(14)6-15-10-11-5-7-3-1-2-4-8(7)12-10/h1-5H,6H2,(H,13,14). The van der Waals surface area contributed by atoms with Gasteiger partial charge >= 0.3 is 5.97 Å². The van der Waals surface area contributed by atoms with E-state index in [0.717, 1.165) is 22.7 Å². The molecule has 0 radical (unpaired) electrons. The molecule has 0 aliphatic carbocycles. The molecule has 0 amide bonds. The number of thioether (sulfide) groups is 1. The second-order valence-electron chi connectivity index (χ2n) is 2.89. The van der Waals surface area contributed by atoms with Crippen molar-refractivity contribution in [1.29, 1.82) is 0 Å². The van der Waals surface area contributed by atoms with Crippen LogP contribution in [0.1, 0.15) is 0 Å².